The van der Waals surface area contributed by atoms with Gasteiger partial charge in [0.25, 0.3) is 0 Å². The molecule has 90 valence electrons. The number of hydrogen-bond acceptors (Lipinski definition) is 2. The smallest absolute Gasteiger partial charge is 0.0393 e. The molecule has 0 bridgehead atoms. The second-order valence-electron chi connectivity index (χ2n) is 4.93. The van der Waals surface area contributed by atoms with Gasteiger partial charge in [-0.1, -0.05) is 26.0 Å². The van der Waals surface area contributed by atoms with Crippen molar-refractivity contribution in [3.63, 3.8) is 0 Å². The maximum atomic E-state index is 5.63. The third-order valence-electron chi connectivity index (χ3n) is 2.95. The summed E-state index contributed by atoms with van der Waals surface area (Å²) in [5, 5.41) is 0. The molecule has 2 nitrogen and oxygen atoms in total. The summed E-state index contributed by atoms with van der Waals surface area (Å²) >= 11 is 0. The lowest BCUT2D eigenvalue weighted by molar-refractivity contribution is 0.585. The molecule has 16 heavy (non-hydrogen) atoms. The molecule has 0 amide bonds. The number of rotatable bonds is 5. The molecule has 0 aliphatic rings. The zero-order valence-electron chi connectivity index (χ0n) is 11.0. The van der Waals surface area contributed by atoms with Crippen molar-refractivity contribution < 1.29 is 0 Å². The Balaban J connectivity index is 2.71. The summed E-state index contributed by atoms with van der Waals surface area (Å²) in [7, 11) is 2.16. The zero-order chi connectivity index (χ0) is 12.1. The first-order chi connectivity index (χ1) is 7.54. The normalized spacial score (nSPS) is 10.9. The Morgan fingerprint density at radius 2 is 2.00 bits per heavy atom. The van der Waals surface area contributed by atoms with Gasteiger partial charge in [0.05, 0.1) is 0 Å². The molecule has 2 N–H and O–H groups in total. The summed E-state index contributed by atoms with van der Waals surface area (Å²) in [5.74, 6) is 0.756. The van der Waals surface area contributed by atoms with Crippen molar-refractivity contribution >= 4 is 5.69 Å². The maximum Gasteiger partial charge on any atom is 0.0393 e. The van der Waals surface area contributed by atoms with E-state index in [1.165, 1.54) is 23.2 Å². The third-order valence-corrected chi connectivity index (χ3v) is 2.95. The monoisotopic (exact) mass is 220 g/mol. The Morgan fingerprint density at radius 3 is 2.50 bits per heavy atom. The molecule has 0 heterocycles. The molecule has 2 heteroatoms. The van der Waals surface area contributed by atoms with Crippen LogP contribution in [0.2, 0.25) is 0 Å². The summed E-state index contributed by atoms with van der Waals surface area (Å²) in [5.41, 5.74) is 9.47. The van der Waals surface area contributed by atoms with E-state index in [4.69, 9.17) is 5.73 Å². The molecular weight excluding hydrogens is 196 g/mol. The Morgan fingerprint density at radius 1 is 1.31 bits per heavy atom. The van der Waals surface area contributed by atoms with Crippen molar-refractivity contribution in [2.45, 2.75) is 33.7 Å². The quantitative estimate of drug-likeness (QED) is 0.826. The summed E-state index contributed by atoms with van der Waals surface area (Å²) in [6.07, 6.45) is 1.23. The van der Waals surface area contributed by atoms with Crippen LogP contribution in [0, 0.1) is 12.8 Å². The molecule has 1 aromatic carbocycles. The second-order valence-corrected chi connectivity index (χ2v) is 4.93. The predicted octanol–water partition coefficient (Wildman–Crippen LogP) is 2.94. The molecule has 0 radical (unpaired) electrons. The minimum atomic E-state index is 0.622. The summed E-state index contributed by atoms with van der Waals surface area (Å²) in [6.45, 7) is 8.41. The van der Waals surface area contributed by atoms with E-state index in [9.17, 15) is 0 Å². The van der Waals surface area contributed by atoms with Crippen molar-refractivity contribution in [1.29, 1.82) is 0 Å². The van der Waals surface area contributed by atoms with Gasteiger partial charge in [0.2, 0.25) is 0 Å². The number of nitrogens with two attached hydrogens (primary N) is 1. The molecule has 0 atom stereocenters. The third kappa shape index (κ3) is 3.53. The number of benzene rings is 1. The van der Waals surface area contributed by atoms with Gasteiger partial charge < -0.3 is 10.6 Å². The van der Waals surface area contributed by atoms with Gasteiger partial charge >= 0.3 is 0 Å². The van der Waals surface area contributed by atoms with Crippen LogP contribution in [0.25, 0.3) is 0 Å². The molecular formula is C14H24N2. The fourth-order valence-electron chi connectivity index (χ4n) is 1.85. The highest BCUT2D eigenvalue weighted by Gasteiger charge is 2.05. The zero-order valence-corrected chi connectivity index (χ0v) is 11.0. The van der Waals surface area contributed by atoms with Crippen LogP contribution < -0.4 is 10.6 Å². The van der Waals surface area contributed by atoms with Crippen molar-refractivity contribution in [1.82, 2.24) is 0 Å². The van der Waals surface area contributed by atoms with Gasteiger partial charge in [-0.25, -0.2) is 0 Å². The molecule has 0 fully saturated rings. The Bertz CT molecular complexity index is 332. The van der Waals surface area contributed by atoms with E-state index < -0.39 is 0 Å². The summed E-state index contributed by atoms with van der Waals surface area (Å²) in [6, 6.07) is 6.48. The molecule has 0 aromatic heterocycles. The first kappa shape index (κ1) is 13.0. The Kier molecular flexibility index (Phi) is 4.81. The lowest BCUT2D eigenvalue weighted by Crippen LogP contribution is -2.20. The number of aryl methyl sites for hydroxylation is 1. The molecule has 0 saturated heterocycles. The predicted molar refractivity (Wildman–Crippen MR) is 71.8 cm³/mol. The number of anilines is 1. The first-order valence-electron chi connectivity index (χ1n) is 6.05. The van der Waals surface area contributed by atoms with E-state index >= 15 is 0 Å². The highest BCUT2D eigenvalue weighted by molar-refractivity contribution is 5.53. The van der Waals surface area contributed by atoms with Gasteiger partial charge in [-0.05, 0) is 36.5 Å². The van der Waals surface area contributed by atoms with Gasteiger partial charge in [0.1, 0.15) is 0 Å². The van der Waals surface area contributed by atoms with Crippen molar-refractivity contribution in [3.8, 4) is 0 Å². The van der Waals surface area contributed by atoms with Gasteiger partial charge in [-0.2, -0.15) is 0 Å². The fraction of sp³-hybridized carbons (Fsp3) is 0.571. The van der Waals surface area contributed by atoms with Crippen LogP contribution in [-0.4, -0.2) is 13.6 Å². The number of hydrogen-bond donors (Lipinski definition) is 1. The molecule has 0 spiro atoms. The summed E-state index contributed by atoms with van der Waals surface area (Å²) in [4.78, 5) is 2.33. The highest BCUT2D eigenvalue weighted by atomic mass is 15.1. The Labute approximate surface area is 99.5 Å². The van der Waals surface area contributed by atoms with Crippen molar-refractivity contribution in [3.05, 3.63) is 29.3 Å². The fourth-order valence-corrected chi connectivity index (χ4v) is 1.85. The van der Waals surface area contributed by atoms with Gasteiger partial charge in [-0.3, -0.25) is 0 Å². The van der Waals surface area contributed by atoms with Gasteiger partial charge in [-0.15, -0.1) is 0 Å². The van der Waals surface area contributed by atoms with Crippen LogP contribution in [-0.2, 0) is 6.54 Å². The average molecular weight is 220 g/mol. The molecule has 0 aliphatic heterocycles. The van der Waals surface area contributed by atoms with E-state index in [1.54, 1.807) is 0 Å². The molecule has 0 aliphatic carbocycles. The lowest BCUT2D eigenvalue weighted by Gasteiger charge is -2.22. The molecule has 1 rings (SSSR count). The van der Waals surface area contributed by atoms with E-state index in [0.29, 0.717) is 6.54 Å². The SMILES string of the molecule is Cc1cc(CN)ccc1N(C)CCC(C)C. The first-order valence-corrected chi connectivity index (χ1v) is 6.05. The summed E-state index contributed by atoms with van der Waals surface area (Å²) < 4.78 is 0. The van der Waals surface area contributed by atoms with Crippen molar-refractivity contribution in [2.24, 2.45) is 11.7 Å². The molecule has 0 unspecified atom stereocenters. The maximum absolute atomic E-state index is 5.63. The lowest BCUT2D eigenvalue weighted by atomic mass is 10.1. The number of nitrogens with zero attached hydrogens (tertiary/aromatic N) is 1. The standard InChI is InChI=1S/C14H24N2/c1-11(2)7-8-16(4)14-6-5-13(10-15)9-12(14)3/h5-6,9,11H,7-8,10,15H2,1-4H3. The van der Waals surface area contributed by atoms with Crippen LogP contribution in [0.4, 0.5) is 5.69 Å². The van der Waals surface area contributed by atoms with Gasteiger partial charge in [0, 0.05) is 25.8 Å². The average Bonchev–Trinajstić information content (AvgIpc) is 2.25. The van der Waals surface area contributed by atoms with Crippen LogP contribution in [0.3, 0.4) is 0 Å². The van der Waals surface area contributed by atoms with Crippen LogP contribution in [0.5, 0.6) is 0 Å². The minimum absolute atomic E-state index is 0.622. The van der Waals surface area contributed by atoms with E-state index in [2.05, 4.69) is 50.9 Å². The van der Waals surface area contributed by atoms with Gasteiger partial charge in [0.15, 0.2) is 0 Å². The molecule has 1 aromatic rings. The minimum Gasteiger partial charge on any atom is -0.374 e. The molecule has 0 saturated carbocycles. The van der Waals surface area contributed by atoms with Crippen LogP contribution in [0.15, 0.2) is 18.2 Å². The Hall–Kier alpha value is -1.02. The van der Waals surface area contributed by atoms with Crippen LogP contribution in [0.1, 0.15) is 31.4 Å². The second kappa shape index (κ2) is 5.90. The topological polar surface area (TPSA) is 29.3 Å². The van der Waals surface area contributed by atoms with E-state index in [-0.39, 0.29) is 0 Å². The van der Waals surface area contributed by atoms with Crippen molar-refractivity contribution in [2.75, 3.05) is 18.5 Å². The van der Waals surface area contributed by atoms with Crippen LogP contribution >= 0.6 is 0 Å². The van der Waals surface area contributed by atoms with E-state index in [1.807, 2.05) is 0 Å². The van der Waals surface area contributed by atoms with E-state index in [0.717, 1.165) is 12.5 Å². The highest BCUT2D eigenvalue weighted by Crippen LogP contribution is 2.20. The largest absolute Gasteiger partial charge is 0.374 e.